The van der Waals surface area contributed by atoms with Gasteiger partial charge in [-0.25, -0.2) is 0 Å². The number of morpholine rings is 1. The zero-order valence-corrected chi connectivity index (χ0v) is 20.8. The Morgan fingerprint density at radius 3 is 2.21 bits per heavy atom. The van der Waals surface area contributed by atoms with Crippen LogP contribution in [0.3, 0.4) is 0 Å². The molecule has 1 aromatic heterocycles. The number of halogens is 3. The highest BCUT2D eigenvalue weighted by Crippen LogP contribution is 2.40. The summed E-state index contributed by atoms with van der Waals surface area (Å²) in [6, 6.07) is 18.4. The number of hydrogen-bond acceptors (Lipinski definition) is 5. The first kappa shape index (κ1) is 25.8. The topological polar surface area (TPSA) is 73.3 Å². The predicted octanol–water partition coefficient (Wildman–Crippen LogP) is 5.17. The SMILES string of the molecule is C[C@@H]1C[NH+](Cc2c(O)ccc3c(=O)c(Oc4ccc(-c5ccccc5)cc4)c(C(F)(F)F)oc23)C[C@@H](C)O1. The summed E-state index contributed by atoms with van der Waals surface area (Å²) in [5, 5.41) is 10.5. The molecule has 2 heterocycles. The molecule has 198 valence electrons. The molecule has 2 N–H and O–H groups in total. The van der Waals surface area contributed by atoms with Crippen LogP contribution >= 0.6 is 0 Å². The summed E-state index contributed by atoms with van der Waals surface area (Å²) < 4.78 is 59.0. The van der Waals surface area contributed by atoms with Gasteiger partial charge in [0.1, 0.15) is 43.3 Å². The molecule has 2 atom stereocenters. The van der Waals surface area contributed by atoms with E-state index in [2.05, 4.69) is 0 Å². The highest BCUT2D eigenvalue weighted by molar-refractivity contribution is 5.83. The van der Waals surface area contributed by atoms with Crippen LogP contribution in [0.2, 0.25) is 0 Å². The first-order chi connectivity index (χ1) is 18.1. The van der Waals surface area contributed by atoms with Crippen molar-refractivity contribution in [2.24, 2.45) is 0 Å². The van der Waals surface area contributed by atoms with Gasteiger partial charge in [-0.3, -0.25) is 4.79 Å². The molecule has 9 heteroatoms. The van der Waals surface area contributed by atoms with Crippen molar-refractivity contribution in [2.75, 3.05) is 13.1 Å². The molecule has 1 saturated heterocycles. The second kappa shape index (κ2) is 10.2. The minimum absolute atomic E-state index is 0.0570. The Morgan fingerprint density at radius 2 is 1.58 bits per heavy atom. The largest absolute Gasteiger partial charge is 0.507 e. The fraction of sp³-hybridized carbons (Fsp3) is 0.276. The number of hydrogen-bond donors (Lipinski definition) is 2. The molecule has 0 radical (unpaired) electrons. The third-order valence-corrected chi connectivity index (χ3v) is 6.58. The van der Waals surface area contributed by atoms with E-state index >= 15 is 0 Å². The second-order valence-electron chi connectivity index (χ2n) is 9.61. The van der Waals surface area contributed by atoms with Gasteiger partial charge in [-0.15, -0.1) is 0 Å². The monoisotopic (exact) mass is 526 g/mol. The molecule has 1 fully saturated rings. The van der Waals surface area contributed by atoms with E-state index in [1.165, 1.54) is 24.3 Å². The van der Waals surface area contributed by atoms with Crippen LogP contribution in [0.5, 0.6) is 17.2 Å². The average molecular weight is 527 g/mol. The van der Waals surface area contributed by atoms with Gasteiger partial charge in [0.2, 0.25) is 11.2 Å². The Hall–Kier alpha value is -3.82. The summed E-state index contributed by atoms with van der Waals surface area (Å²) in [7, 11) is 0. The molecule has 5 rings (SSSR count). The van der Waals surface area contributed by atoms with Crippen LogP contribution in [0.25, 0.3) is 22.1 Å². The number of nitrogens with one attached hydrogen (secondary N) is 1. The summed E-state index contributed by atoms with van der Waals surface area (Å²) in [4.78, 5) is 14.3. The highest BCUT2D eigenvalue weighted by Gasteiger charge is 2.41. The molecule has 0 amide bonds. The van der Waals surface area contributed by atoms with Gasteiger partial charge in [0.15, 0.2) is 5.58 Å². The lowest BCUT2D eigenvalue weighted by Gasteiger charge is -2.32. The maximum Gasteiger partial charge on any atom is 0.453 e. The molecular formula is C29H27F3NO5+. The van der Waals surface area contributed by atoms with Crippen LogP contribution in [0.4, 0.5) is 13.2 Å². The number of phenols is 1. The Balaban J connectivity index is 1.55. The number of rotatable bonds is 5. The lowest BCUT2D eigenvalue weighted by Crippen LogP contribution is -3.14. The first-order valence-electron chi connectivity index (χ1n) is 12.3. The molecule has 0 bridgehead atoms. The van der Waals surface area contributed by atoms with Gasteiger partial charge >= 0.3 is 6.18 Å². The first-order valence-corrected chi connectivity index (χ1v) is 12.3. The van der Waals surface area contributed by atoms with E-state index in [4.69, 9.17) is 13.9 Å². The van der Waals surface area contributed by atoms with Crippen molar-refractivity contribution in [3.8, 4) is 28.4 Å². The van der Waals surface area contributed by atoms with Crippen LogP contribution in [0.15, 0.2) is 75.9 Å². The van der Waals surface area contributed by atoms with Crippen LogP contribution < -0.4 is 15.1 Å². The standard InChI is InChI=1S/C29H26F3NO5/c1-17-14-33(15-18(2)36-17)16-23-24(34)13-12-22-25(35)27(28(29(30,31)32)38-26(22)23)37-21-10-8-20(9-11-21)19-6-4-3-5-7-19/h3-13,17-18,34H,14-16H2,1-2H3/p+1/t17-,18-/m1/s1. The Labute approximate surface area is 216 Å². The van der Waals surface area contributed by atoms with Crippen molar-refractivity contribution >= 4 is 11.0 Å². The number of ether oxygens (including phenoxy) is 2. The van der Waals surface area contributed by atoms with Gasteiger partial charge < -0.3 is 23.9 Å². The van der Waals surface area contributed by atoms with Gasteiger partial charge in [-0.2, -0.15) is 13.2 Å². The maximum atomic E-state index is 14.1. The van der Waals surface area contributed by atoms with E-state index in [9.17, 15) is 23.1 Å². The van der Waals surface area contributed by atoms with Crippen molar-refractivity contribution in [1.82, 2.24) is 0 Å². The summed E-state index contributed by atoms with van der Waals surface area (Å²) in [6.45, 7) is 5.18. The van der Waals surface area contributed by atoms with Crippen LogP contribution in [0.1, 0.15) is 25.2 Å². The fourth-order valence-electron chi connectivity index (χ4n) is 4.98. The van der Waals surface area contributed by atoms with Gasteiger partial charge in [0, 0.05) is 0 Å². The van der Waals surface area contributed by atoms with E-state index in [1.54, 1.807) is 12.1 Å². The minimum Gasteiger partial charge on any atom is -0.507 e. The highest BCUT2D eigenvalue weighted by atomic mass is 19.4. The molecule has 0 saturated carbocycles. The van der Waals surface area contributed by atoms with Gasteiger partial charge in [-0.1, -0.05) is 42.5 Å². The summed E-state index contributed by atoms with van der Waals surface area (Å²) in [5.41, 5.74) is 0.645. The number of benzene rings is 3. The molecule has 1 aliphatic rings. The molecule has 0 aliphatic carbocycles. The lowest BCUT2D eigenvalue weighted by molar-refractivity contribution is -0.928. The van der Waals surface area contributed by atoms with E-state index in [0.717, 1.165) is 16.0 Å². The normalized spacial score (nSPS) is 20.0. The molecule has 6 nitrogen and oxygen atoms in total. The van der Waals surface area contributed by atoms with Crippen LogP contribution in [0, 0.1) is 0 Å². The second-order valence-corrected chi connectivity index (χ2v) is 9.61. The fourth-order valence-corrected chi connectivity index (χ4v) is 4.98. The number of quaternary nitrogens is 1. The number of phenolic OH excluding ortho intramolecular Hbond substituents is 1. The zero-order valence-electron chi connectivity index (χ0n) is 20.8. The molecule has 3 aromatic carbocycles. The minimum atomic E-state index is -5.01. The quantitative estimate of drug-likeness (QED) is 0.376. The number of alkyl halides is 3. The summed E-state index contributed by atoms with van der Waals surface area (Å²) in [5.74, 6) is -2.68. The Morgan fingerprint density at radius 1 is 0.947 bits per heavy atom. The molecule has 1 aliphatic heterocycles. The molecule has 4 aromatic rings. The van der Waals surface area contributed by atoms with Crippen molar-refractivity contribution in [3.63, 3.8) is 0 Å². The van der Waals surface area contributed by atoms with E-state index in [-0.39, 0.29) is 46.8 Å². The van der Waals surface area contributed by atoms with Gasteiger partial charge in [0.05, 0.1) is 10.9 Å². The third kappa shape index (κ3) is 5.25. The van der Waals surface area contributed by atoms with Crippen LogP contribution in [-0.4, -0.2) is 30.4 Å². The van der Waals surface area contributed by atoms with Crippen molar-refractivity contribution in [2.45, 2.75) is 38.8 Å². The van der Waals surface area contributed by atoms with E-state index < -0.39 is 23.1 Å². The third-order valence-electron chi connectivity index (χ3n) is 6.58. The maximum absolute atomic E-state index is 14.1. The van der Waals surface area contributed by atoms with Crippen molar-refractivity contribution < 1.29 is 37.1 Å². The average Bonchev–Trinajstić information content (AvgIpc) is 2.87. The van der Waals surface area contributed by atoms with Gasteiger partial charge in [0.25, 0.3) is 5.76 Å². The lowest BCUT2D eigenvalue weighted by atomic mass is 10.1. The predicted molar refractivity (Wildman–Crippen MR) is 136 cm³/mol. The van der Waals surface area contributed by atoms with E-state index in [0.29, 0.717) is 13.1 Å². The smallest absolute Gasteiger partial charge is 0.453 e. The molecule has 38 heavy (non-hydrogen) atoms. The van der Waals surface area contributed by atoms with Crippen molar-refractivity contribution in [1.29, 1.82) is 0 Å². The van der Waals surface area contributed by atoms with Crippen LogP contribution in [-0.2, 0) is 17.5 Å². The zero-order chi connectivity index (χ0) is 27.0. The number of aromatic hydroxyl groups is 1. The van der Waals surface area contributed by atoms with Gasteiger partial charge in [-0.05, 0) is 49.2 Å². The molecule has 0 unspecified atom stereocenters. The number of fused-ring (bicyclic) bond motifs is 1. The van der Waals surface area contributed by atoms with E-state index in [1.807, 2.05) is 44.2 Å². The molecular weight excluding hydrogens is 499 g/mol. The Kier molecular flexibility index (Phi) is 6.90. The van der Waals surface area contributed by atoms with Crippen molar-refractivity contribution in [3.05, 3.63) is 88.3 Å². The Bertz CT molecular complexity index is 1490. The summed E-state index contributed by atoms with van der Waals surface area (Å²) >= 11 is 0. The summed E-state index contributed by atoms with van der Waals surface area (Å²) in [6.07, 6.45) is -5.13. The molecule has 0 spiro atoms.